The Morgan fingerprint density at radius 1 is 1.40 bits per heavy atom. The largest absolute Gasteiger partial charge is 0.325 e. The molecular weight excluding hydrogens is 248 g/mol. The normalized spacial score (nSPS) is 23.9. The van der Waals surface area contributed by atoms with Crippen LogP contribution in [0.1, 0.15) is 46.1 Å². The van der Waals surface area contributed by atoms with Crippen LogP contribution in [0.25, 0.3) is 0 Å². The number of rotatable bonds is 4. The van der Waals surface area contributed by atoms with Gasteiger partial charge in [-0.2, -0.15) is 5.26 Å². The third kappa shape index (κ3) is 2.43. The summed E-state index contributed by atoms with van der Waals surface area (Å²) in [6.45, 7) is 8.14. The number of para-hydroxylation sites is 1. The first-order valence-electron chi connectivity index (χ1n) is 7.13. The first kappa shape index (κ1) is 14.6. The van der Waals surface area contributed by atoms with Gasteiger partial charge in [0.25, 0.3) is 0 Å². The fraction of sp³-hybridized carbons (Fsp3) is 0.529. The van der Waals surface area contributed by atoms with E-state index < -0.39 is 10.8 Å². The predicted octanol–water partition coefficient (Wildman–Crippen LogP) is 3.86. The van der Waals surface area contributed by atoms with E-state index in [9.17, 15) is 10.1 Å². The Bertz CT molecular complexity index is 573. The van der Waals surface area contributed by atoms with Crippen LogP contribution in [0, 0.1) is 22.7 Å². The van der Waals surface area contributed by atoms with Gasteiger partial charge in [-0.05, 0) is 44.2 Å². The molecule has 0 saturated carbocycles. The summed E-state index contributed by atoms with van der Waals surface area (Å²) >= 11 is 0. The second-order valence-electron chi connectivity index (χ2n) is 6.78. The van der Waals surface area contributed by atoms with Crippen LogP contribution >= 0.6 is 0 Å². The average molecular weight is 270 g/mol. The van der Waals surface area contributed by atoms with E-state index >= 15 is 0 Å². The van der Waals surface area contributed by atoms with Crippen molar-refractivity contribution >= 4 is 11.6 Å². The van der Waals surface area contributed by atoms with E-state index in [1.54, 1.807) is 0 Å². The lowest BCUT2D eigenvalue weighted by Gasteiger charge is -2.32. The summed E-state index contributed by atoms with van der Waals surface area (Å²) in [5.74, 6) is 0.437. The number of carbonyl (C=O) groups is 1. The summed E-state index contributed by atoms with van der Waals surface area (Å²) in [7, 11) is 0. The fourth-order valence-corrected chi connectivity index (χ4v) is 3.47. The average Bonchev–Trinajstić information content (AvgIpc) is 2.61. The number of hydrogen-bond acceptors (Lipinski definition) is 2. The Labute approximate surface area is 121 Å². The molecule has 0 fully saturated rings. The molecule has 3 nitrogen and oxygen atoms in total. The van der Waals surface area contributed by atoms with Gasteiger partial charge in [-0.15, -0.1) is 0 Å². The van der Waals surface area contributed by atoms with E-state index in [1.807, 2.05) is 38.1 Å². The van der Waals surface area contributed by atoms with Crippen molar-refractivity contribution in [2.75, 3.05) is 5.32 Å². The number of hydrogen-bond donors (Lipinski definition) is 1. The lowest BCUT2D eigenvalue weighted by molar-refractivity contribution is -0.121. The number of benzene rings is 1. The molecule has 0 saturated heterocycles. The molecule has 0 radical (unpaired) electrons. The molecule has 3 heteroatoms. The molecule has 1 heterocycles. The van der Waals surface area contributed by atoms with Gasteiger partial charge in [0.1, 0.15) is 0 Å². The maximum Gasteiger partial charge on any atom is 0.234 e. The van der Waals surface area contributed by atoms with E-state index in [-0.39, 0.29) is 5.91 Å². The summed E-state index contributed by atoms with van der Waals surface area (Å²) in [4.78, 5) is 12.4. The Kier molecular flexibility index (Phi) is 3.60. The van der Waals surface area contributed by atoms with Gasteiger partial charge >= 0.3 is 0 Å². The van der Waals surface area contributed by atoms with Crippen LogP contribution in [0.3, 0.4) is 0 Å². The maximum absolute atomic E-state index is 12.4. The van der Waals surface area contributed by atoms with Crippen LogP contribution in [0.4, 0.5) is 5.69 Å². The Balaban J connectivity index is 2.37. The molecular formula is C17H22N2O. The molecule has 2 atom stereocenters. The molecule has 2 unspecified atom stereocenters. The smallest absolute Gasteiger partial charge is 0.234 e. The maximum atomic E-state index is 12.4. The SMILES string of the molecule is CC(C)CC(C)(C#N)CC1(C)C(=O)Nc2ccccc21. The highest BCUT2D eigenvalue weighted by Crippen LogP contribution is 2.46. The van der Waals surface area contributed by atoms with Gasteiger partial charge in [0.05, 0.1) is 16.9 Å². The molecule has 1 aliphatic heterocycles. The summed E-state index contributed by atoms with van der Waals surface area (Å²) in [5.41, 5.74) is 0.785. The number of nitrogens with zero attached hydrogens (tertiary/aromatic N) is 1. The Morgan fingerprint density at radius 2 is 2.05 bits per heavy atom. The Morgan fingerprint density at radius 3 is 2.65 bits per heavy atom. The first-order valence-corrected chi connectivity index (χ1v) is 7.13. The number of nitrogens with one attached hydrogen (secondary N) is 1. The van der Waals surface area contributed by atoms with Crippen LogP contribution < -0.4 is 5.32 Å². The number of nitriles is 1. The second-order valence-corrected chi connectivity index (χ2v) is 6.78. The van der Waals surface area contributed by atoms with Crippen LogP contribution in [0.15, 0.2) is 24.3 Å². The van der Waals surface area contributed by atoms with Crippen LogP contribution in [0.5, 0.6) is 0 Å². The molecule has 1 aromatic rings. The van der Waals surface area contributed by atoms with Crippen molar-refractivity contribution in [3.05, 3.63) is 29.8 Å². The van der Waals surface area contributed by atoms with Gasteiger partial charge in [0.2, 0.25) is 5.91 Å². The molecule has 0 spiro atoms. The summed E-state index contributed by atoms with van der Waals surface area (Å²) < 4.78 is 0. The summed E-state index contributed by atoms with van der Waals surface area (Å²) in [6.07, 6.45) is 1.35. The standard InChI is InChI=1S/C17H22N2O/c1-12(2)9-16(3,11-18)10-17(4)13-7-5-6-8-14(13)19-15(17)20/h5-8,12H,9-10H2,1-4H3,(H,19,20). The number of anilines is 1. The molecule has 20 heavy (non-hydrogen) atoms. The monoisotopic (exact) mass is 270 g/mol. The molecule has 0 bridgehead atoms. The molecule has 1 aromatic carbocycles. The molecule has 2 rings (SSSR count). The molecule has 1 amide bonds. The van der Waals surface area contributed by atoms with Crippen LogP contribution in [-0.2, 0) is 10.2 Å². The highest BCUT2D eigenvalue weighted by molar-refractivity contribution is 6.05. The van der Waals surface area contributed by atoms with Crippen molar-refractivity contribution in [3.8, 4) is 6.07 Å². The predicted molar refractivity (Wildman–Crippen MR) is 80.2 cm³/mol. The molecule has 0 aromatic heterocycles. The zero-order chi connectivity index (χ0) is 15.0. The van der Waals surface area contributed by atoms with Crippen molar-refractivity contribution in [1.82, 2.24) is 0 Å². The van der Waals surface area contributed by atoms with Gasteiger partial charge < -0.3 is 5.32 Å². The van der Waals surface area contributed by atoms with E-state index in [0.717, 1.165) is 17.7 Å². The van der Waals surface area contributed by atoms with Crippen molar-refractivity contribution in [2.24, 2.45) is 11.3 Å². The van der Waals surface area contributed by atoms with Crippen molar-refractivity contribution < 1.29 is 4.79 Å². The highest BCUT2D eigenvalue weighted by Gasteiger charge is 2.47. The van der Waals surface area contributed by atoms with E-state index in [2.05, 4.69) is 25.2 Å². The van der Waals surface area contributed by atoms with Crippen molar-refractivity contribution in [1.29, 1.82) is 5.26 Å². The quantitative estimate of drug-likeness (QED) is 0.903. The van der Waals surface area contributed by atoms with Crippen molar-refractivity contribution in [2.45, 2.75) is 46.0 Å². The third-order valence-electron chi connectivity index (χ3n) is 4.14. The van der Waals surface area contributed by atoms with Crippen LogP contribution in [-0.4, -0.2) is 5.91 Å². The second kappa shape index (κ2) is 4.94. The minimum Gasteiger partial charge on any atom is -0.325 e. The zero-order valence-corrected chi connectivity index (χ0v) is 12.7. The first-order chi connectivity index (χ1) is 9.31. The van der Waals surface area contributed by atoms with Crippen LogP contribution in [0.2, 0.25) is 0 Å². The van der Waals surface area contributed by atoms with E-state index in [0.29, 0.717) is 12.3 Å². The third-order valence-corrected chi connectivity index (χ3v) is 4.14. The molecule has 1 N–H and O–H groups in total. The lowest BCUT2D eigenvalue weighted by Crippen LogP contribution is -2.37. The van der Waals surface area contributed by atoms with Gasteiger partial charge in [-0.25, -0.2) is 0 Å². The summed E-state index contributed by atoms with van der Waals surface area (Å²) in [6, 6.07) is 10.2. The zero-order valence-electron chi connectivity index (χ0n) is 12.7. The van der Waals surface area contributed by atoms with Crippen molar-refractivity contribution in [3.63, 3.8) is 0 Å². The fourth-order valence-electron chi connectivity index (χ4n) is 3.47. The minimum absolute atomic E-state index is 0.00364. The van der Waals surface area contributed by atoms with Gasteiger partial charge in [-0.1, -0.05) is 32.0 Å². The highest BCUT2D eigenvalue weighted by atomic mass is 16.2. The molecule has 106 valence electrons. The van der Waals surface area contributed by atoms with Gasteiger partial charge in [-0.3, -0.25) is 4.79 Å². The topological polar surface area (TPSA) is 52.9 Å². The lowest BCUT2D eigenvalue weighted by atomic mass is 9.68. The number of amides is 1. The van der Waals surface area contributed by atoms with Gasteiger partial charge in [0.15, 0.2) is 0 Å². The molecule has 0 aliphatic carbocycles. The van der Waals surface area contributed by atoms with E-state index in [1.165, 1.54) is 0 Å². The minimum atomic E-state index is -0.615. The van der Waals surface area contributed by atoms with Gasteiger partial charge in [0, 0.05) is 5.69 Å². The Hall–Kier alpha value is -1.82. The number of carbonyl (C=O) groups excluding carboxylic acids is 1. The molecule has 1 aliphatic rings. The van der Waals surface area contributed by atoms with E-state index in [4.69, 9.17) is 0 Å². The number of fused-ring (bicyclic) bond motifs is 1. The summed E-state index contributed by atoms with van der Waals surface area (Å²) in [5, 5.41) is 12.5.